The molecule has 1 unspecified atom stereocenters. The maximum Gasteiger partial charge on any atom is 0.392 e. The van der Waals surface area contributed by atoms with Crippen LogP contribution in [-0.2, 0) is 0 Å². The largest absolute Gasteiger partial charge is 0.392 e. The van der Waals surface area contributed by atoms with Gasteiger partial charge in [0, 0.05) is 10.8 Å². The van der Waals surface area contributed by atoms with Crippen LogP contribution >= 0.6 is 11.3 Å². The van der Waals surface area contributed by atoms with Crippen LogP contribution in [0.4, 0.5) is 13.2 Å². The average molecular weight is 316 g/mol. The van der Waals surface area contributed by atoms with Crippen molar-refractivity contribution in [2.45, 2.75) is 44.2 Å². The first-order valence-corrected chi connectivity index (χ1v) is 7.78. The minimum Gasteiger partial charge on any atom is -0.339 e. The number of thiophene rings is 1. The van der Waals surface area contributed by atoms with Gasteiger partial charge in [-0.05, 0) is 24.3 Å². The van der Waals surface area contributed by atoms with Gasteiger partial charge in [0.15, 0.2) is 5.82 Å². The van der Waals surface area contributed by atoms with Gasteiger partial charge in [0.25, 0.3) is 0 Å². The molecule has 0 saturated heterocycles. The summed E-state index contributed by atoms with van der Waals surface area (Å²) < 4.78 is 44.1. The molecule has 7 heteroatoms. The molecule has 1 aliphatic rings. The zero-order chi connectivity index (χ0) is 15.0. The van der Waals surface area contributed by atoms with E-state index in [0.717, 1.165) is 4.88 Å². The van der Waals surface area contributed by atoms with Gasteiger partial charge in [-0.25, -0.2) is 0 Å². The van der Waals surface area contributed by atoms with Crippen LogP contribution in [0.15, 0.2) is 22.0 Å². The number of aromatic nitrogens is 2. The third kappa shape index (κ3) is 2.84. The Morgan fingerprint density at radius 3 is 2.86 bits per heavy atom. The molecule has 3 atom stereocenters. The second kappa shape index (κ2) is 5.44. The van der Waals surface area contributed by atoms with Crippen molar-refractivity contribution in [3.05, 3.63) is 34.1 Å². The van der Waals surface area contributed by atoms with E-state index in [1.54, 1.807) is 11.3 Å². The van der Waals surface area contributed by atoms with Gasteiger partial charge in [0.2, 0.25) is 5.89 Å². The van der Waals surface area contributed by atoms with Gasteiger partial charge >= 0.3 is 6.18 Å². The van der Waals surface area contributed by atoms with Crippen molar-refractivity contribution in [3.8, 4) is 0 Å². The molecule has 3 nitrogen and oxygen atoms in total. The second-order valence-electron chi connectivity index (χ2n) is 5.41. The van der Waals surface area contributed by atoms with Crippen molar-refractivity contribution in [2.24, 2.45) is 5.92 Å². The Hall–Kier alpha value is -1.37. The van der Waals surface area contributed by atoms with Crippen LogP contribution in [0.2, 0.25) is 0 Å². The summed E-state index contributed by atoms with van der Waals surface area (Å²) in [6.07, 6.45) is -3.05. The number of hydrogen-bond donors (Lipinski definition) is 0. The molecular formula is C14H15F3N2OS. The Kier molecular flexibility index (Phi) is 3.77. The minimum absolute atomic E-state index is 0.0618. The van der Waals surface area contributed by atoms with E-state index >= 15 is 0 Å². The van der Waals surface area contributed by atoms with E-state index < -0.39 is 18.0 Å². The molecule has 2 aromatic rings. The van der Waals surface area contributed by atoms with Gasteiger partial charge < -0.3 is 4.52 Å². The minimum atomic E-state index is -4.20. The normalized spacial score (nSPS) is 24.4. The fraction of sp³-hybridized carbons (Fsp3) is 0.571. The van der Waals surface area contributed by atoms with Gasteiger partial charge in [-0.3, -0.25) is 0 Å². The quantitative estimate of drug-likeness (QED) is 0.822. The number of hydrogen-bond acceptors (Lipinski definition) is 4. The van der Waals surface area contributed by atoms with Crippen molar-refractivity contribution in [2.75, 3.05) is 0 Å². The molecule has 1 fully saturated rings. The van der Waals surface area contributed by atoms with Crippen LogP contribution in [0.1, 0.15) is 54.6 Å². The van der Waals surface area contributed by atoms with Crippen molar-refractivity contribution in [1.29, 1.82) is 0 Å². The molecule has 1 aliphatic carbocycles. The van der Waals surface area contributed by atoms with E-state index in [-0.39, 0.29) is 18.2 Å². The molecular weight excluding hydrogens is 301 g/mol. The smallest absolute Gasteiger partial charge is 0.339 e. The van der Waals surface area contributed by atoms with Crippen molar-refractivity contribution in [3.63, 3.8) is 0 Å². The molecule has 2 aromatic heterocycles. The summed E-state index contributed by atoms with van der Waals surface area (Å²) in [4.78, 5) is 5.31. The Labute approximate surface area is 124 Å². The molecule has 0 aromatic carbocycles. The van der Waals surface area contributed by atoms with Gasteiger partial charge in [-0.1, -0.05) is 24.6 Å². The van der Waals surface area contributed by atoms with E-state index in [4.69, 9.17) is 4.52 Å². The van der Waals surface area contributed by atoms with Gasteiger partial charge in [0.1, 0.15) is 0 Å². The first kappa shape index (κ1) is 14.6. The SMILES string of the molecule is CC(c1noc([C@@H]2CCC[C@H]2C(F)(F)F)n1)c1cccs1. The second-order valence-corrected chi connectivity index (χ2v) is 6.39. The summed E-state index contributed by atoms with van der Waals surface area (Å²) in [5.41, 5.74) is 0. The standard InChI is InChI=1S/C14H15F3N2OS/c1-8(11-6-3-7-21-11)12-18-13(20-19-12)9-4-2-5-10(9)14(15,16)17/h3,6-10H,2,4-5H2,1H3/t8?,9-,10-/m1/s1. The molecule has 0 aliphatic heterocycles. The molecule has 0 bridgehead atoms. The number of halogens is 3. The van der Waals surface area contributed by atoms with E-state index in [9.17, 15) is 13.2 Å². The highest BCUT2D eigenvalue weighted by Gasteiger charge is 2.49. The summed E-state index contributed by atoms with van der Waals surface area (Å²) in [6, 6.07) is 3.88. The zero-order valence-corrected chi connectivity index (χ0v) is 12.2. The first-order valence-electron chi connectivity index (χ1n) is 6.90. The molecule has 0 radical (unpaired) electrons. The summed E-state index contributed by atoms with van der Waals surface area (Å²) in [5.74, 6) is -1.52. The van der Waals surface area contributed by atoms with Gasteiger partial charge in [-0.15, -0.1) is 11.3 Å². The Morgan fingerprint density at radius 2 is 2.19 bits per heavy atom. The Bertz CT molecular complexity index is 594. The zero-order valence-electron chi connectivity index (χ0n) is 11.4. The van der Waals surface area contributed by atoms with E-state index in [1.807, 2.05) is 24.4 Å². The summed E-state index contributed by atoms with van der Waals surface area (Å²) >= 11 is 1.57. The topological polar surface area (TPSA) is 38.9 Å². The molecule has 3 rings (SSSR count). The summed E-state index contributed by atoms with van der Waals surface area (Å²) in [5, 5.41) is 5.83. The number of rotatable bonds is 3. The molecule has 21 heavy (non-hydrogen) atoms. The van der Waals surface area contributed by atoms with Crippen molar-refractivity contribution < 1.29 is 17.7 Å². The van der Waals surface area contributed by atoms with E-state index in [1.165, 1.54) is 0 Å². The fourth-order valence-electron chi connectivity index (χ4n) is 2.89. The van der Waals surface area contributed by atoms with Crippen LogP contribution in [0.25, 0.3) is 0 Å². The predicted octanol–water partition coefficient (Wildman–Crippen LogP) is 4.73. The molecule has 0 spiro atoms. The lowest BCUT2D eigenvalue weighted by molar-refractivity contribution is -0.177. The monoisotopic (exact) mass is 316 g/mol. The van der Waals surface area contributed by atoms with Crippen LogP contribution in [0.3, 0.4) is 0 Å². The predicted molar refractivity (Wildman–Crippen MR) is 72.3 cm³/mol. The Morgan fingerprint density at radius 1 is 1.38 bits per heavy atom. The summed E-state index contributed by atoms with van der Waals surface area (Å²) in [7, 11) is 0. The lowest BCUT2D eigenvalue weighted by Crippen LogP contribution is -2.25. The Balaban J connectivity index is 1.82. The molecule has 2 heterocycles. The molecule has 1 saturated carbocycles. The number of nitrogens with zero attached hydrogens (tertiary/aromatic N) is 2. The lowest BCUT2D eigenvalue weighted by atomic mass is 9.95. The highest BCUT2D eigenvalue weighted by atomic mass is 32.1. The maximum atomic E-state index is 13.0. The molecule has 114 valence electrons. The molecule has 0 N–H and O–H groups in total. The van der Waals surface area contributed by atoms with E-state index in [2.05, 4.69) is 10.1 Å². The van der Waals surface area contributed by atoms with Crippen LogP contribution < -0.4 is 0 Å². The average Bonchev–Trinajstić information content (AvgIpc) is 3.16. The lowest BCUT2D eigenvalue weighted by Gasteiger charge is -2.19. The van der Waals surface area contributed by atoms with Gasteiger partial charge in [-0.2, -0.15) is 18.2 Å². The third-order valence-corrected chi connectivity index (χ3v) is 5.12. The first-order chi connectivity index (χ1) is 9.97. The highest BCUT2D eigenvalue weighted by molar-refractivity contribution is 7.10. The van der Waals surface area contributed by atoms with E-state index in [0.29, 0.717) is 18.7 Å². The third-order valence-electron chi connectivity index (χ3n) is 4.07. The van der Waals surface area contributed by atoms with Crippen LogP contribution in [-0.4, -0.2) is 16.3 Å². The maximum absolute atomic E-state index is 13.0. The fourth-order valence-corrected chi connectivity index (χ4v) is 3.67. The summed E-state index contributed by atoms with van der Waals surface area (Å²) in [6.45, 7) is 1.93. The van der Waals surface area contributed by atoms with Crippen molar-refractivity contribution in [1.82, 2.24) is 10.1 Å². The molecule has 0 amide bonds. The van der Waals surface area contributed by atoms with Crippen LogP contribution in [0, 0.1) is 5.92 Å². The van der Waals surface area contributed by atoms with Crippen molar-refractivity contribution >= 4 is 11.3 Å². The number of alkyl halides is 3. The van der Waals surface area contributed by atoms with Gasteiger partial charge in [0.05, 0.1) is 11.8 Å². The highest BCUT2D eigenvalue weighted by Crippen LogP contribution is 2.47. The van der Waals surface area contributed by atoms with Crippen LogP contribution in [0.5, 0.6) is 0 Å².